The fourth-order valence-corrected chi connectivity index (χ4v) is 1.89. The van der Waals surface area contributed by atoms with Crippen LogP contribution in [0.2, 0.25) is 5.02 Å². The third-order valence-electron chi connectivity index (χ3n) is 3.17. The summed E-state index contributed by atoms with van der Waals surface area (Å²) in [6.45, 7) is 3.75. The average Bonchev–Trinajstić information content (AvgIpc) is 2.16. The largest absolute Gasteiger partial charge is 0.324 e. The van der Waals surface area contributed by atoms with Crippen LogP contribution in [0.15, 0.2) is 6.20 Å². The standard InChI is InChI=1S/C12H15ClN2O/c1-7-10(6-14-8(2)11(7)13)15-12(16)9-4-3-5-9/h6,9H,3-5H2,1-2H3,(H,15,16). The molecule has 0 aromatic carbocycles. The number of halogens is 1. The Labute approximate surface area is 100 Å². The minimum Gasteiger partial charge on any atom is -0.324 e. The van der Waals surface area contributed by atoms with Gasteiger partial charge in [0.15, 0.2) is 0 Å². The van der Waals surface area contributed by atoms with Gasteiger partial charge in [-0.3, -0.25) is 9.78 Å². The van der Waals surface area contributed by atoms with E-state index in [1.807, 2.05) is 13.8 Å². The fourth-order valence-electron chi connectivity index (χ4n) is 1.74. The van der Waals surface area contributed by atoms with Gasteiger partial charge < -0.3 is 5.32 Å². The molecule has 0 unspecified atom stereocenters. The summed E-state index contributed by atoms with van der Waals surface area (Å²) in [6, 6.07) is 0. The number of anilines is 1. The molecule has 0 aliphatic heterocycles. The topological polar surface area (TPSA) is 42.0 Å². The maximum absolute atomic E-state index is 11.8. The molecule has 0 spiro atoms. The number of rotatable bonds is 2. The summed E-state index contributed by atoms with van der Waals surface area (Å²) in [4.78, 5) is 15.9. The third kappa shape index (κ3) is 2.05. The van der Waals surface area contributed by atoms with Crippen molar-refractivity contribution in [3.63, 3.8) is 0 Å². The van der Waals surface area contributed by atoms with E-state index >= 15 is 0 Å². The van der Waals surface area contributed by atoms with E-state index < -0.39 is 0 Å². The Bertz CT molecular complexity index is 427. The summed E-state index contributed by atoms with van der Waals surface area (Å²) in [6.07, 6.45) is 4.83. The first-order valence-corrected chi connectivity index (χ1v) is 5.90. The number of hydrogen-bond donors (Lipinski definition) is 1. The predicted molar refractivity (Wildman–Crippen MR) is 64.7 cm³/mol. The van der Waals surface area contributed by atoms with Crippen LogP contribution < -0.4 is 5.32 Å². The molecule has 4 heteroatoms. The number of pyridine rings is 1. The molecule has 1 fully saturated rings. The van der Waals surface area contributed by atoms with Crippen LogP contribution >= 0.6 is 11.6 Å². The zero-order valence-electron chi connectivity index (χ0n) is 9.51. The van der Waals surface area contributed by atoms with Crippen LogP contribution in [0.3, 0.4) is 0 Å². The maximum atomic E-state index is 11.8. The zero-order valence-corrected chi connectivity index (χ0v) is 10.3. The summed E-state index contributed by atoms with van der Waals surface area (Å²) >= 11 is 6.08. The summed E-state index contributed by atoms with van der Waals surface area (Å²) < 4.78 is 0. The van der Waals surface area contributed by atoms with Crippen molar-refractivity contribution in [2.45, 2.75) is 33.1 Å². The molecule has 0 saturated heterocycles. The van der Waals surface area contributed by atoms with Crippen molar-refractivity contribution < 1.29 is 4.79 Å². The maximum Gasteiger partial charge on any atom is 0.227 e. The van der Waals surface area contributed by atoms with E-state index in [0.29, 0.717) is 5.02 Å². The van der Waals surface area contributed by atoms with Crippen molar-refractivity contribution in [2.24, 2.45) is 5.92 Å². The number of nitrogens with zero attached hydrogens (tertiary/aromatic N) is 1. The number of nitrogens with one attached hydrogen (secondary N) is 1. The van der Waals surface area contributed by atoms with E-state index in [2.05, 4.69) is 10.3 Å². The third-order valence-corrected chi connectivity index (χ3v) is 3.73. The van der Waals surface area contributed by atoms with Crippen molar-refractivity contribution >= 4 is 23.2 Å². The molecular weight excluding hydrogens is 224 g/mol. The van der Waals surface area contributed by atoms with Gasteiger partial charge in [0.05, 0.1) is 22.6 Å². The molecule has 0 bridgehead atoms. The number of aryl methyl sites for hydroxylation is 1. The Morgan fingerprint density at radius 1 is 1.50 bits per heavy atom. The van der Waals surface area contributed by atoms with Gasteiger partial charge in [0.25, 0.3) is 0 Å². The molecule has 1 aliphatic carbocycles. The summed E-state index contributed by atoms with van der Waals surface area (Å²) in [5.74, 6) is 0.274. The van der Waals surface area contributed by atoms with Crippen LogP contribution in [0.1, 0.15) is 30.5 Å². The fraction of sp³-hybridized carbons (Fsp3) is 0.500. The molecule has 86 valence electrons. The highest BCUT2D eigenvalue weighted by molar-refractivity contribution is 6.32. The first kappa shape index (κ1) is 11.4. The highest BCUT2D eigenvalue weighted by atomic mass is 35.5. The van der Waals surface area contributed by atoms with Gasteiger partial charge in [-0.25, -0.2) is 0 Å². The minimum absolute atomic E-state index is 0.0936. The highest BCUT2D eigenvalue weighted by Crippen LogP contribution is 2.29. The smallest absolute Gasteiger partial charge is 0.227 e. The Balaban J connectivity index is 2.15. The summed E-state index contributed by atoms with van der Waals surface area (Å²) in [7, 11) is 0. The van der Waals surface area contributed by atoms with Crippen LogP contribution in [0.4, 0.5) is 5.69 Å². The van der Waals surface area contributed by atoms with E-state index in [0.717, 1.165) is 36.2 Å². The van der Waals surface area contributed by atoms with Gasteiger partial charge >= 0.3 is 0 Å². The monoisotopic (exact) mass is 238 g/mol. The molecular formula is C12H15ClN2O. The molecule has 1 N–H and O–H groups in total. The van der Waals surface area contributed by atoms with Crippen LogP contribution in [0.5, 0.6) is 0 Å². The molecule has 1 saturated carbocycles. The molecule has 2 rings (SSSR count). The van der Waals surface area contributed by atoms with Crippen LogP contribution in [0, 0.1) is 19.8 Å². The van der Waals surface area contributed by atoms with Crippen molar-refractivity contribution in [2.75, 3.05) is 5.32 Å². The molecule has 16 heavy (non-hydrogen) atoms. The SMILES string of the molecule is Cc1ncc(NC(=O)C2CCC2)c(C)c1Cl. The lowest BCUT2D eigenvalue weighted by Crippen LogP contribution is -2.28. The number of carbonyl (C=O) groups is 1. The van der Waals surface area contributed by atoms with E-state index in [-0.39, 0.29) is 11.8 Å². The first-order valence-electron chi connectivity index (χ1n) is 5.52. The second-order valence-electron chi connectivity index (χ2n) is 4.31. The van der Waals surface area contributed by atoms with Gasteiger partial charge in [0.1, 0.15) is 0 Å². The molecule has 0 radical (unpaired) electrons. The van der Waals surface area contributed by atoms with Gasteiger partial charge in [-0.05, 0) is 32.3 Å². The van der Waals surface area contributed by atoms with E-state index in [4.69, 9.17) is 11.6 Å². The van der Waals surface area contributed by atoms with Gasteiger partial charge in [0, 0.05) is 5.92 Å². The lowest BCUT2D eigenvalue weighted by atomic mass is 9.85. The summed E-state index contributed by atoms with van der Waals surface area (Å²) in [5.41, 5.74) is 2.41. The lowest BCUT2D eigenvalue weighted by molar-refractivity contribution is -0.122. The Morgan fingerprint density at radius 2 is 2.19 bits per heavy atom. The number of amides is 1. The van der Waals surface area contributed by atoms with Crippen LogP contribution in [-0.2, 0) is 4.79 Å². The molecule has 1 aromatic rings. The van der Waals surface area contributed by atoms with E-state index in [1.54, 1.807) is 6.20 Å². The first-order chi connectivity index (χ1) is 7.59. The number of carbonyl (C=O) groups excluding carboxylic acids is 1. The zero-order chi connectivity index (χ0) is 11.7. The van der Waals surface area contributed by atoms with Crippen molar-refractivity contribution in [1.29, 1.82) is 0 Å². The van der Waals surface area contributed by atoms with Crippen molar-refractivity contribution in [1.82, 2.24) is 4.98 Å². The Morgan fingerprint density at radius 3 is 2.75 bits per heavy atom. The van der Waals surface area contributed by atoms with Crippen molar-refractivity contribution in [3.05, 3.63) is 22.5 Å². The van der Waals surface area contributed by atoms with Crippen LogP contribution in [0.25, 0.3) is 0 Å². The molecule has 1 aromatic heterocycles. The number of hydrogen-bond acceptors (Lipinski definition) is 2. The second-order valence-corrected chi connectivity index (χ2v) is 4.69. The lowest BCUT2D eigenvalue weighted by Gasteiger charge is -2.24. The molecule has 0 atom stereocenters. The molecule has 1 heterocycles. The normalized spacial score (nSPS) is 15.7. The van der Waals surface area contributed by atoms with Gasteiger partial charge in [-0.1, -0.05) is 18.0 Å². The molecule has 1 aliphatic rings. The summed E-state index contributed by atoms with van der Waals surface area (Å²) in [5, 5.41) is 3.53. The van der Waals surface area contributed by atoms with Gasteiger partial charge in [0.2, 0.25) is 5.91 Å². The Kier molecular flexibility index (Phi) is 3.15. The van der Waals surface area contributed by atoms with E-state index in [1.165, 1.54) is 0 Å². The molecule has 1 amide bonds. The Hall–Kier alpha value is -1.09. The molecule has 3 nitrogen and oxygen atoms in total. The van der Waals surface area contributed by atoms with Crippen LogP contribution in [-0.4, -0.2) is 10.9 Å². The highest BCUT2D eigenvalue weighted by Gasteiger charge is 2.25. The second kappa shape index (κ2) is 4.42. The number of aromatic nitrogens is 1. The quantitative estimate of drug-likeness (QED) is 0.860. The van der Waals surface area contributed by atoms with Gasteiger partial charge in [-0.2, -0.15) is 0 Å². The average molecular weight is 239 g/mol. The minimum atomic E-state index is 0.0936. The van der Waals surface area contributed by atoms with E-state index in [9.17, 15) is 4.79 Å². The predicted octanol–water partition coefficient (Wildman–Crippen LogP) is 3.09. The van der Waals surface area contributed by atoms with Gasteiger partial charge in [-0.15, -0.1) is 0 Å². The van der Waals surface area contributed by atoms with Crippen molar-refractivity contribution in [3.8, 4) is 0 Å².